The van der Waals surface area contributed by atoms with E-state index in [0.29, 0.717) is 17.9 Å². The monoisotopic (exact) mass is 416 g/mol. The van der Waals surface area contributed by atoms with Crippen molar-refractivity contribution in [3.63, 3.8) is 0 Å². The molecule has 1 aliphatic rings. The van der Waals surface area contributed by atoms with E-state index in [4.69, 9.17) is 9.47 Å². The number of hydrogen-bond acceptors (Lipinski definition) is 6. The molecule has 0 aliphatic carbocycles. The molecule has 0 spiro atoms. The second-order valence-corrected chi connectivity index (χ2v) is 7.50. The van der Waals surface area contributed by atoms with Gasteiger partial charge in [-0.1, -0.05) is 30.0 Å². The molecule has 0 radical (unpaired) electrons. The van der Waals surface area contributed by atoms with Crippen LogP contribution >= 0.6 is 11.8 Å². The fraction of sp³-hybridized carbons (Fsp3) is 0.381. The number of aryl methyl sites for hydroxylation is 1. The van der Waals surface area contributed by atoms with Gasteiger partial charge >= 0.3 is 11.9 Å². The summed E-state index contributed by atoms with van der Waals surface area (Å²) in [6.45, 7) is 2.32. The van der Waals surface area contributed by atoms with E-state index in [1.165, 1.54) is 33.7 Å². The van der Waals surface area contributed by atoms with Crippen molar-refractivity contribution in [1.82, 2.24) is 9.88 Å². The first-order chi connectivity index (χ1) is 14.1. The summed E-state index contributed by atoms with van der Waals surface area (Å²) in [5.41, 5.74) is 2.27. The van der Waals surface area contributed by atoms with Crippen molar-refractivity contribution in [1.29, 1.82) is 0 Å². The number of nitrogens with one attached hydrogen (secondary N) is 1. The fourth-order valence-electron chi connectivity index (χ4n) is 3.14. The van der Waals surface area contributed by atoms with E-state index < -0.39 is 5.97 Å². The molecule has 0 unspecified atom stereocenters. The Hall–Kier alpha value is -2.74. The maximum atomic E-state index is 12.0. The molecule has 7 nitrogen and oxygen atoms in total. The highest BCUT2D eigenvalue weighted by molar-refractivity contribution is 8.04. The number of H-pyrrole nitrogens is 1. The summed E-state index contributed by atoms with van der Waals surface area (Å²) in [5, 5.41) is 1.70. The van der Waals surface area contributed by atoms with Gasteiger partial charge in [0.2, 0.25) is 5.91 Å². The second-order valence-electron chi connectivity index (χ2n) is 6.50. The van der Waals surface area contributed by atoms with Crippen molar-refractivity contribution >= 4 is 40.5 Å². The molecule has 29 heavy (non-hydrogen) atoms. The number of benzene rings is 1. The van der Waals surface area contributed by atoms with Gasteiger partial charge in [0.1, 0.15) is 6.61 Å². The summed E-state index contributed by atoms with van der Waals surface area (Å²) in [4.78, 5) is 40.3. The molecule has 0 bridgehead atoms. The number of aromatic amines is 1. The number of nitrogens with zero attached hydrogens (tertiary/aromatic N) is 1. The number of aromatic nitrogens is 1. The van der Waals surface area contributed by atoms with Crippen LogP contribution in [0.15, 0.2) is 41.6 Å². The highest BCUT2D eigenvalue weighted by Crippen LogP contribution is 2.28. The standard InChI is InChI=1S/C21H24N2O5S/c1-2-27-21(26)12-19-23(18(24)14-29-19)10-11-28-20(25)9-5-6-15-13-22-17-8-4-3-7-16(15)17/h3-4,7-8,12-13,22H,2,5-6,9-11,14H2,1H3/b19-12-. The quantitative estimate of drug-likeness (QED) is 0.499. The van der Waals surface area contributed by atoms with Gasteiger partial charge in [-0.25, -0.2) is 4.79 Å². The number of hydrogen-bond donors (Lipinski definition) is 1. The third-order valence-electron chi connectivity index (χ3n) is 4.52. The number of esters is 2. The lowest BCUT2D eigenvalue weighted by atomic mass is 10.1. The number of carbonyl (C=O) groups excluding carboxylic acids is 3. The Morgan fingerprint density at radius 1 is 1.28 bits per heavy atom. The topological polar surface area (TPSA) is 88.7 Å². The SMILES string of the molecule is CCOC(=O)/C=C1\SCC(=O)N1CCOC(=O)CCCc1c[nH]c2ccccc12. The number of fused-ring (bicyclic) bond motifs is 1. The largest absolute Gasteiger partial charge is 0.464 e. The summed E-state index contributed by atoms with van der Waals surface area (Å²) in [6.07, 6.45) is 5.07. The zero-order valence-electron chi connectivity index (χ0n) is 16.3. The molecular formula is C21H24N2O5S. The lowest BCUT2D eigenvalue weighted by molar-refractivity contribution is -0.145. The number of carbonyl (C=O) groups is 3. The predicted octanol–water partition coefficient (Wildman–Crippen LogP) is 3.01. The predicted molar refractivity (Wildman–Crippen MR) is 111 cm³/mol. The Kier molecular flexibility index (Phi) is 7.35. The Morgan fingerprint density at radius 3 is 2.93 bits per heavy atom. The van der Waals surface area contributed by atoms with E-state index in [2.05, 4.69) is 11.1 Å². The molecule has 1 aromatic carbocycles. The van der Waals surface area contributed by atoms with Crippen LogP contribution in [0.3, 0.4) is 0 Å². The minimum Gasteiger partial charge on any atom is -0.464 e. The van der Waals surface area contributed by atoms with Crippen molar-refractivity contribution in [2.45, 2.75) is 26.2 Å². The van der Waals surface area contributed by atoms with Crippen LogP contribution in [0.5, 0.6) is 0 Å². The Balaban J connectivity index is 1.41. The van der Waals surface area contributed by atoms with Gasteiger partial charge in [0, 0.05) is 23.5 Å². The maximum absolute atomic E-state index is 12.0. The summed E-state index contributed by atoms with van der Waals surface area (Å²) in [7, 11) is 0. The van der Waals surface area contributed by atoms with Crippen LogP contribution in [-0.4, -0.2) is 53.2 Å². The summed E-state index contributed by atoms with van der Waals surface area (Å²) >= 11 is 1.28. The van der Waals surface area contributed by atoms with Crippen LogP contribution in [0.25, 0.3) is 10.9 Å². The molecule has 1 amide bonds. The van der Waals surface area contributed by atoms with E-state index in [9.17, 15) is 14.4 Å². The average molecular weight is 416 g/mol. The van der Waals surface area contributed by atoms with Crippen LogP contribution in [0.1, 0.15) is 25.3 Å². The molecule has 1 saturated heterocycles. The van der Waals surface area contributed by atoms with Gasteiger partial charge in [0.25, 0.3) is 0 Å². The van der Waals surface area contributed by atoms with Crippen LogP contribution < -0.4 is 0 Å². The van der Waals surface area contributed by atoms with Gasteiger partial charge in [-0.2, -0.15) is 0 Å². The van der Waals surface area contributed by atoms with E-state index >= 15 is 0 Å². The van der Waals surface area contributed by atoms with Gasteiger partial charge in [0.05, 0.1) is 30.0 Å². The third kappa shape index (κ3) is 5.63. The minimum absolute atomic E-state index is 0.0956. The molecule has 1 N–H and O–H groups in total. The Bertz CT molecular complexity index is 921. The summed E-state index contributed by atoms with van der Waals surface area (Å²) in [6, 6.07) is 8.06. The second kappa shape index (κ2) is 10.2. The zero-order valence-corrected chi connectivity index (χ0v) is 17.1. The van der Waals surface area contributed by atoms with E-state index in [0.717, 1.165) is 11.9 Å². The number of ether oxygens (including phenoxy) is 2. The summed E-state index contributed by atoms with van der Waals surface area (Å²) in [5.74, 6) is -0.617. The van der Waals surface area contributed by atoms with Crippen LogP contribution in [0.4, 0.5) is 0 Å². The molecule has 3 rings (SSSR count). The first kappa shape index (κ1) is 21.0. The van der Waals surface area contributed by atoms with Crippen molar-refractivity contribution in [3.8, 4) is 0 Å². The van der Waals surface area contributed by atoms with Gasteiger partial charge in [-0.05, 0) is 31.4 Å². The zero-order chi connectivity index (χ0) is 20.6. The number of thioether (sulfide) groups is 1. The molecule has 0 saturated carbocycles. The molecule has 2 aromatic rings. The normalized spacial score (nSPS) is 15.3. The molecule has 154 valence electrons. The summed E-state index contributed by atoms with van der Waals surface area (Å²) < 4.78 is 10.1. The van der Waals surface area contributed by atoms with Crippen LogP contribution in [0.2, 0.25) is 0 Å². The molecule has 2 heterocycles. The first-order valence-corrected chi connectivity index (χ1v) is 10.6. The lowest BCUT2D eigenvalue weighted by Gasteiger charge is -2.16. The molecule has 1 aromatic heterocycles. The van der Waals surface area contributed by atoms with Gasteiger partial charge in [0.15, 0.2) is 0 Å². The fourth-order valence-corrected chi connectivity index (χ4v) is 4.09. The molecule has 8 heteroatoms. The third-order valence-corrected chi connectivity index (χ3v) is 5.54. The Morgan fingerprint density at radius 2 is 2.10 bits per heavy atom. The van der Waals surface area contributed by atoms with Gasteiger partial charge in [-0.3, -0.25) is 9.59 Å². The lowest BCUT2D eigenvalue weighted by Crippen LogP contribution is -2.29. The van der Waals surface area contributed by atoms with E-state index in [1.807, 2.05) is 24.4 Å². The minimum atomic E-state index is -0.482. The van der Waals surface area contributed by atoms with Crippen LogP contribution in [0, 0.1) is 0 Å². The van der Waals surface area contributed by atoms with Crippen molar-refractivity contribution in [2.75, 3.05) is 25.5 Å². The van der Waals surface area contributed by atoms with Crippen molar-refractivity contribution < 1.29 is 23.9 Å². The molecule has 1 fully saturated rings. The van der Waals surface area contributed by atoms with Gasteiger partial charge < -0.3 is 19.4 Å². The van der Waals surface area contributed by atoms with E-state index in [-0.39, 0.29) is 37.4 Å². The van der Waals surface area contributed by atoms with Crippen LogP contribution in [-0.2, 0) is 30.3 Å². The molecular weight excluding hydrogens is 392 g/mol. The molecule has 1 aliphatic heterocycles. The maximum Gasteiger partial charge on any atom is 0.333 e. The highest BCUT2D eigenvalue weighted by atomic mass is 32.2. The van der Waals surface area contributed by atoms with Crippen molar-refractivity contribution in [3.05, 3.63) is 47.1 Å². The average Bonchev–Trinajstić information content (AvgIpc) is 3.27. The number of amides is 1. The Labute approximate surface area is 173 Å². The molecule has 0 atom stereocenters. The number of para-hydroxylation sites is 1. The number of rotatable bonds is 9. The smallest absolute Gasteiger partial charge is 0.333 e. The van der Waals surface area contributed by atoms with E-state index in [1.54, 1.807) is 6.92 Å². The first-order valence-electron chi connectivity index (χ1n) is 9.60. The van der Waals surface area contributed by atoms with Gasteiger partial charge in [-0.15, -0.1) is 0 Å². The van der Waals surface area contributed by atoms with Crippen molar-refractivity contribution in [2.24, 2.45) is 0 Å². The highest BCUT2D eigenvalue weighted by Gasteiger charge is 2.27.